The van der Waals surface area contributed by atoms with Crippen LogP contribution in [-0.2, 0) is 19.1 Å². The van der Waals surface area contributed by atoms with Crippen LogP contribution in [0.5, 0.6) is 11.5 Å². The molecule has 200 valence electrons. The SMILES string of the molecule is CC(CO)OC(=O)COc1cc(Cl)c(Cl)cc1Cl.CCC(C)OC(=O)COc1cc(Cl)c(Cl)cc1Cl. The molecule has 0 saturated carbocycles. The second-order valence-corrected chi connectivity index (χ2v) is 9.61. The van der Waals surface area contributed by atoms with Gasteiger partial charge in [-0.3, -0.25) is 0 Å². The molecule has 0 spiro atoms. The Morgan fingerprint density at radius 1 is 0.694 bits per heavy atom. The van der Waals surface area contributed by atoms with Crippen molar-refractivity contribution in [3.63, 3.8) is 0 Å². The average Bonchev–Trinajstić information content (AvgIpc) is 2.82. The van der Waals surface area contributed by atoms with Crippen molar-refractivity contribution in [1.82, 2.24) is 0 Å². The molecule has 0 amide bonds. The van der Waals surface area contributed by atoms with Crippen molar-refractivity contribution >= 4 is 81.5 Å². The summed E-state index contributed by atoms with van der Waals surface area (Å²) < 4.78 is 20.2. The molecule has 0 aliphatic rings. The molecule has 2 rings (SSSR count). The summed E-state index contributed by atoms with van der Waals surface area (Å²) in [6.45, 7) is 4.49. The van der Waals surface area contributed by atoms with Gasteiger partial charge in [-0.15, -0.1) is 0 Å². The second kappa shape index (κ2) is 16.5. The lowest BCUT2D eigenvalue weighted by Crippen LogP contribution is -2.23. The van der Waals surface area contributed by atoms with Crippen LogP contribution >= 0.6 is 69.6 Å². The van der Waals surface area contributed by atoms with Crippen LogP contribution in [0.2, 0.25) is 30.1 Å². The molecule has 0 aliphatic carbocycles. The Balaban J connectivity index is 0.000000360. The third-order valence-electron chi connectivity index (χ3n) is 4.14. The lowest BCUT2D eigenvalue weighted by molar-refractivity contribution is -0.152. The fourth-order valence-corrected chi connectivity index (χ4v) is 3.32. The van der Waals surface area contributed by atoms with E-state index < -0.39 is 18.0 Å². The lowest BCUT2D eigenvalue weighted by Gasteiger charge is -2.12. The summed E-state index contributed by atoms with van der Waals surface area (Å²) in [5.74, 6) is -0.531. The number of carbonyl (C=O) groups is 2. The highest BCUT2D eigenvalue weighted by Crippen LogP contribution is 2.34. The number of halogens is 6. The van der Waals surface area contributed by atoms with E-state index in [-0.39, 0.29) is 41.7 Å². The van der Waals surface area contributed by atoms with E-state index in [1.54, 1.807) is 6.92 Å². The Labute approximate surface area is 239 Å². The van der Waals surface area contributed by atoms with Gasteiger partial charge in [0.25, 0.3) is 0 Å². The van der Waals surface area contributed by atoms with E-state index in [1.807, 2.05) is 13.8 Å². The Hall–Kier alpha value is -1.32. The van der Waals surface area contributed by atoms with Gasteiger partial charge in [-0.05, 0) is 32.4 Å². The largest absolute Gasteiger partial charge is 0.480 e. The van der Waals surface area contributed by atoms with Crippen LogP contribution in [0.1, 0.15) is 27.2 Å². The minimum Gasteiger partial charge on any atom is -0.480 e. The molecule has 2 unspecified atom stereocenters. The van der Waals surface area contributed by atoms with E-state index in [2.05, 4.69) is 0 Å². The van der Waals surface area contributed by atoms with Crippen LogP contribution in [0.4, 0.5) is 0 Å². The monoisotopic (exact) mass is 622 g/mol. The Kier molecular flexibility index (Phi) is 15.0. The summed E-state index contributed by atoms with van der Waals surface area (Å²) >= 11 is 34.9. The number of benzene rings is 2. The molecular weight excluding hydrogens is 601 g/mol. The van der Waals surface area contributed by atoms with E-state index in [1.165, 1.54) is 24.3 Å². The third-order valence-corrected chi connectivity index (χ3v) is 6.17. The van der Waals surface area contributed by atoms with E-state index in [9.17, 15) is 9.59 Å². The fraction of sp³-hybridized carbons (Fsp3) is 0.391. The van der Waals surface area contributed by atoms with Crippen LogP contribution in [0.3, 0.4) is 0 Å². The molecular formula is C23H24Cl6O7. The first kappa shape index (κ1) is 32.7. The summed E-state index contributed by atoms with van der Waals surface area (Å²) in [6, 6.07) is 5.75. The first-order chi connectivity index (χ1) is 16.9. The molecule has 13 heteroatoms. The molecule has 7 nitrogen and oxygen atoms in total. The Morgan fingerprint density at radius 2 is 1.06 bits per heavy atom. The molecule has 0 aromatic heterocycles. The number of aliphatic hydroxyl groups is 1. The lowest BCUT2D eigenvalue weighted by atomic mass is 10.3. The highest BCUT2D eigenvalue weighted by Gasteiger charge is 2.13. The van der Waals surface area contributed by atoms with E-state index >= 15 is 0 Å². The number of rotatable bonds is 10. The summed E-state index contributed by atoms with van der Waals surface area (Å²) in [4.78, 5) is 22.7. The van der Waals surface area contributed by atoms with Gasteiger partial charge in [-0.2, -0.15) is 0 Å². The van der Waals surface area contributed by atoms with E-state index in [0.29, 0.717) is 25.8 Å². The second-order valence-electron chi connectivity index (χ2n) is 7.16. The number of hydrogen-bond donors (Lipinski definition) is 1. The zero-order valence-electron chi connectivity index (χ0n) is 19.5. The average molecular weight is 625 g/mol. The molecule has 0 heterocycles. The quantitative estimate of drug-likeness (QED) is 0.219. The van der Waals surface area contributed by atoms with Crippen molar-refractivity contribution in [2.24, 2.45) is 0 Å². The third kappa shape index (κ3) is 11.8. The number of aliphatic hydroxyl groups excluding tert-OH is 1. The van der Waals surface area contributed by atoms with Crippen molar-refractivity contribution in [2.45, 2.75) is 39.4 Å². The van der Waals surface area contributed by atoms with E-state index in [4.69, 9.17) is 93.7 Å². The van der Waals surface area contributed by atoms with E-state index in [0.717, 1.165) is 6.42 Å². The predicted molar refractivity (Wildman–Crippen MR) is 142 cm³/mol. The van der Waals surface area contributed by atoms with Gasteiger partial charge >= 0.3 is 11.9 Å². The maximum atomic E-state index is 11.4. The van der Waals surface area contributed by atoms with Crippen molar-refractivity contribution in [3.05, 3.63) is 54.4 Å². The molecule has 0 saturated heterocycles. The Morgan fingerprint density at radius 3 is 1.42 bits per heavy atom. The molecule has 0 fully saturated rings. The molecule has 36 heavy (non-hydrogen) atoms. The zero-order valence-corrected chi connectivity index (χ0v) is 24.0. The molecule has 0 aliphatic heterocycles. The summed E-state index contributed by atoms with van der Waals surface area (Å²) in [6.07, 6.45) is 0.0370. The van der Waals surface area contributed by atoms with Gasteiger partial charge in [0.05, 0.1) is 42.8 Å². The molecule has 0 bridgehead atoms. The number of hydrogen-bond acceptors (Lipinski definition) is 7. The number of esters is 2. The first-order valence-corrected chi connectivity index (χ1v) is 12.7. The highest BCUT2D eigenvalue weighted by atomic mass is 35.5. The predicted octanol–water partition coefficient (Wildman–Crippen LogP) is 7.32. The zero-order chi connectivity index (χ0) is 27.4. The van der Waals surface area contributed by atoms with Crippen molar-refractivity contribution < 1.29 is 33.6 Å². The standard InChI is InChI=1S/C12H13Cl3O3.C11H11Cl3O4/c1-3-7(2)18-12(16)6-17-11-5-9(14)8(13)4-10(11)15;1-6(4-15)18-11(16)5-17-10-3-8(13)7(12)2-9(10)14/h4-5,7H,3,6H2,1-2H3;2-3,6,15H,4-5H2,1H3. The van der Waals surface area contributed by atoms with Crippen molar-refractivity contribution in [1.29, 1.82) is 0 Å². The maximum Gasteiger partial charge on any atom is 0.344 e. The summed E-state index contributed by atoms with van der Waals surface area (Å²) in [5.41, 5.74) is 0. The van der Waals surface area contributed by atoms with Crippen LogP contribution in [-0.4, -0.2) is 49.1 Å². The summed E-state index contributed by atoms with van der Waals surface area (Å²) in [7, 11) is 0. The van der Waals surface area contributed by atoms with Gasteiger partial charge in [-0.1, -0.05) is 76.5 Å². The number of carbonyl (C=O) groups excluding carboxylic acids is 2. The topological polar surface area (TPSA) is 91.3 Å². The molecule has 2 aromatic carbocycles. The molecule has 2 atom stereocenters. The van der Waals surface area contributed by atoms with Gasteiger partial charge in [0.2, 0.25) is 0 Å². The smallest absolute Gasteiger partial charge is 0.344 e. The summed E-state index contributed by atoms with van der Waals surface area (Å²) in [5, 5.41) is 10.5. The van der Waals surface area contributed by atoms with Gasteiger partial charge in [-0.25, -0.2) is 9.59 Å². The minimum absolute atomic E-state index is 0.134. The molecule has 0 radical (unpaired) electrons. The normalized spacial score (nSPS) is 12.1. The molecule has 1 N–H and O–H groups in total. The van der Waals surface area contributed by atoms with Crippen LogP contribution in [0.15, 0.2) is 24.3 Å². The van der Waals surface area contributed by atoms with Crippen molar-refractivity contribution in [2.75, 3.05) is 19.8 Å². The van der Waals surface area contributed by atoms with Gasteiger partial charge in [0, 0.05) is 12.1 Å². The first-order valence-electron chi connectivity index (χ1n) is 10.4. The van der Waals surface area contributed by atoms with Gasteiger partial charge in [0.1, 0.15) is 17.6 Å². The Bertz CT molecular complexity index is 953. The van der Waals surface area contributed by atoms with Crippen LogP contribution < -0.4 is 9.47 Å². The molecule has 2 aromatic rings. The fourth-order valence-electron chi connectivity index (χ4n) is 2.14. The van der Waals surface area contributed by atoms with Gasteiger partial charge < -0.3 is 24.1 Å². The minimum atomic E-state index is -0.612. The van der Waals surface area contributed by atoms with Crippen LogP contribution in [0.25, 0.3) is 0 Å². The number of ether oxygens (including phenoxy) is 4. The van der Waals surface area contributed by atoms with Gasteiger partial charge in [0.15, 0.2) is 13.2 Å². The van der Waals surface area contributed by atoms with Crippen LogP contribution in [0, 0.1) is 0 Å². The maximum absolute atomic E-state index is 11.4. The van der Waals surface area contributed by atoms with Crippen molar-refractivity contribution in [3.8, 4) is 11.5 Å². The highest BCUT2D eigenvalue weighted by molar-refractivity contribution is 6.44.